The fraction of sp³-hybridized carbons (Fsp3) is 0.444. The second-order valence-electron chi connectivity index (χ2n) is 5.88. The molecule has 2 heterocycles. The summed E-state index contributed by atoms with van der Waals surface area (Å²) in [7, 11) is 1.67. The van der Waals surface area contributed by atoms with Gasteiger partial charge in [0.1, 0.15) is 23.1 Å². The third kappa shape index (κ3) is 3.55. The first-order valence-electron chi connectivity index (χ1n) is 8.05. The van der Waals surface area contributed by atoms with Crippen molar-refractivity contribution in [3.8, 4) is 11.5 Å². The topological polar surface area (TPSA) is 56.3 Å². The summed E-state index contributed by atoms with van der Waals surface area (Å²) in [5, 5.41) is 3.47. The van der Waals surface area contributed by atoms with Crippen LogP contribution in [0, 0.1) is 12.8 Å². The summed E-state index contributed by atoms with van der Waals surface area (Å²) in [5.41, 5.74) is 2.39. The predicted molar refractivity (Wildman–Crippen MR) is 90.3 cm³/mol. The first-order valence-corrected chi connectivity index (χ1v) is 8.05. The Morgan fingerprint density at radius 2 is 2.26 bits per heavy atom. The van der Waals surface area contributed by atoms with Crippen molar-refractivity contribution in [2.45, 2.75) is 26.7 Å². The van der Waals surface area contributed by atoms with E-state index in [1.54, 1.807) is 7.11 Å². The van der Waals surface area contributed by atoms with Gasteiger partial charge in [-0.15, -0.1) is 0 Å². The highest BCUT2D eigenvalue weighted by atomic mass is 16.5. The summed E-state index contributed by atoms with van der Waals surface area (Å²) in [4.78, 5) is 8.78. The van der Waals surface area contributed by atoms with E-state index in [1.807, 2.05) is 25.3 Å². The second-order valence-corrected chi connectivity index (χ2v) is 5.88. The van der Waals surface area contributed by atoms with Crippen LogP contribution in [-0.4, -0.2) is 30.2 Å². The number of aryl methyl sites for hydroxylation is 2. The number of hydrogen-bond donors (Lipinski definition) is 1. The molecule has 1 aliphatic heterocycles. The highest BCUT2D eigenvalue weighted by Gasteiger charge is 2.20. The molecule has 1 atom stereocenters. The van der Waals surface area contributed by atoms with Crippen molar-refractivity contribution >= 4 is 5.82 Å². The third-order valence-electron chi connectivity index (χ3n) is 4.18. The van der Waals surface area contributed by atoms with Gasteiger partial charge >= 0.3 is 0 Å². The van der Waals surface area contributed by atoms with Gasteiger partial charge < -0.3 is 14.8 Å². The van der Waals surface area contributed by atoms with Crippen molar-refractivity contribution in [2.24, 2.45) is 5.92 Å². The van der Waals surface area contributed by atoms with Gasteiger partial charge in [-0.25, -0.2) is 9.97 Å². The normalized spacial score (nSPS) is 16.4. The number of methoxy groups -OCH3 is 1. The minimum absolute atomic E-state index is 0.427. The lowest BCUT2D eigenvalue weighted by Crippen LogP contribution is -2.27. The molecule has 2 aromatic rings. The molecule has 0 radical (unpaired) electrons. The smallest absolute Gasteiger partial charge is 0.132 e. The largest absolute Gasteiger partial charge is 0.497 e. The maximum absolute atomic E-state index is 5.89. The van der Waals surface area contributed by atoms with Crippen LogP contribution < -0.4 is 14.8 Å². The second kappa shape index (κ2) is 6.86. The molecule has 0 saturated heterocycles. The standard InChI is InChI=1S/C18H23N3O2/c1-4-14-10-19-12(2)21-18(14)20-9-13-7-15-5-6-16(22-3)8-17(15)23-11-13/h5-6,8,10,13H,4,7,9,11H2,1-3H3,(H,19,20,21). The van der Waals surface area contributed by atoms with E-state index >= 15 is 0 Å². The molecular formula is C18H23N3O2. The van der Waals surface area contributed by atoms with Crippen molar-refractivity contribution in [3.63, 3.8) is 0 Å². The van der Waals surface area contributed by atoms with Crippen molar-refractivity contribution in [2.75, 3.05) is 25.6 Å². The molecule has 5 heteroatoms. The van der Waals surface area contributed by atoms with Gasteiger partial charge in [-0.2, -0.15) is 0 Å². The van der Waals surface area contributed by atoms with Crippen LogP contribution in [0.25, 0.3) is 0 Å². The van der Waals surface area contributed by atoms with Gasteiger partial charge in [0.2, 0.25) is 0 Å². The summed E-state index contributed by atoms with van der Waals surface area (Å²) in [6.45, 7) is 5.58. The summed E-state index contributed by atoms with van der Waals surface area (Å²) in [6, 6.07) is 6.04. The molecule has 0 fully saturated rings. The molecule has 1 unspecified atom stereocenters. The molecule has 1 N–H and O–H groups in total. The van der Waals surface area contributed by atoms with Crippen molar-refractivity contribution < 1.29 is 9.47 Å². The van der Waals surface area contributed by atoms with E-state index in [4.69, 9.17) is 9.47 Å². The molecule has 3 rings (SSSR count). The fourth-order valence-corrected chi connectivity index (χ4v) is 2.82. The molecule has 5 nitrogen and oxygen atoms in total. The van der Waals surface area contributed by atoms with Gasteiger partial charge in [0.25, 0.3) is 0 Å². The molecule has 0 amide bonds. The molecule has 1 aliphatic rings. The van der Waals surface area contributed by atoms with Crippen LogP contribution in [0.5, 0.6) is 11.5 Å². The first kappa shape index (κ1) is 15.6. The molecule has 1 aromatic carbocycles. The number of nitrogens with one attached hydrogen (secondary N) is 1. The molecule has 0 saturated carbocycles. The van der Waals surface area contributed by atoms with Crippen LogP contribution in [0.3, 0.4) is 0 Å². The van der Waals surface area contributed by atoms with Gasteiger partial charge in [-0.05, 0) is 31.4 Å². The molecule has 1 aromatic heterocycles. The Bertz CT molecular complexity index is 688. The Morgan fingerprint density at radius 3 is 3.04 bits per heavy atom. The predicted octanol–water partition coefficient (Wildman–Crippen LogP) is 3.02. The van der Waals surface area contributed by atoms with Gasteiger partial charge in [-0.1, -0.05) is 13.0 Å². The number of benzene rings is 1. The Kier molecular flexibility index (Phi) is 4.65. The number of hydrogen-bond acceptors (Lipinski definition) is 5. The van der Waals surface area contributed by atoms with Gasteiger partial charge in [0.15, 0.2) is 0 Å². The number of rotatable bonds is 5. The van der Waals surface area contributed by atoms with Crippen LogP contribution in [0.15, 0.2) is 24.4 Å². The zero-order valence-electron chi connectivity index (χ0n) is 13.9. The van der Waals surface area contributed by atoms with Crippen molar-refractivity contribution in [1.29, 1.82) is 0 Å². The summed E-state index contributed by atoms with van der Waals surface area (Å²) in [5.74, 6) is 3.94. The molecule has 23 heavy (non-hydrogen) atoms. The van der Waals surface area contributed by atoms with E-state index in [0.717, 1.165) is 48.1 Å². The lowest BCUT2D eigenvalue weighted by atomic mass is 9.96. The van der Waals surface area contributed by atoms with E-state index in [0.29, 0.717) is 12.5 Å². The lowest BCUT2D eigenvalue weighted by Gasteiger charge is -2.26. The maximum atomic E-state index is 5.89. The molecule has 0 spiro atoms. The van der Waals surface area contributed by atoms with Crippen molar-refractivity contribution in [1.82, 2.24) is 9.97 Å². The quantitative estimate of drug-likeness (QED) is 0.919. The summed E-state index contributed by atoms with van der Waals surface area (Å²) < 4.78 is 11.1. The van der Waals surface area contributed by atoms with Crippen LogP contribution in [0.1, 0.15) is 23.9 Å². The minimum atomic E-state index is 0.427. The average Bonchev–Trinajstić information content (AvgIpc) is 2.59. The number of aromatic nitrogens is 2. The Labute approximate surface area is 137 Å². The number of nitrogens with zero attached hydrogens (tertiary/aromatic N) is 2. The van der Waals surface area contributed by atoms with Crippen LogP contribution >= 0.6 is 0 Å². The molecule has 0 aliphatic carbocycles. The van der Waals surface area contributed by atoms with Gasteiger partial charge in [-0.3, -0.25) is 0 Å². The number of anilines is 1. The monoisotopic (exact) mass is 313 g/mol. The zero-order chi connectivity index (χ0) is 16.2. The van der Waals surface area contributed by atoms with E-state index in [-0.39, 0.29) is 0 Å². The highest BCUT2D eigenvalue weighted by Crippen LogP contribution is 2.31. The van der Waals surface area contributed by atoms with Crippen LogP contribution in [0.4, 0.5) is 5.82 Å². The van der Waals surface area contributed by atoms with Crippen molar-refractivity contribution in [3.05, 3.63) is 41.3 Å². The average molecular weight is 313 g/mol. The van der Waals surface area contributed by atoms with E-state index in [9.17, 15) is 0 Å². The SMILES string of the molecule is CCc1cnc(C)nc1NCC1COc2cc(OC)ccc2C1. The van der Waals surface area contributed by atoms with Gasteiger partial charge in [0.05, 0.1) is 13.7 Å². The lowest BCUT2D eigenvalue weighted by molar-refractivity contribution is 0.228. The molecule has 122 valence electrons. The Hall–Kier alpha value is -2.30. The van der Waals surface area contributed by atoms with Gasteiger partial charge in [0, 0.05) is 30.3 Å². The minimum Gasteiger partial charge on any atom is -0.497 e. The van der Waals surface area contributed by atoms with Crippen LogP contribution in [-0.2, 0) is 12.8 Å². The Balaban J connectivity index is 1.65. The fourth-order valence-electron chi connectivity index (χ4n) is 2.82. The van der Waals surface area contributed by atoms with E-state index < -0.39 is 0 Å². The summed E-state index contributed by atoms with van der Waals surface area (Å²) >= 11 is 0. The number of fused-ring (bicyclic) bond motifs is 1. The highest BCUT2D eigenvalue weighted by molar-refractivity contribution is 5.44. The Morgan fingerprint density at radius 1 is 1.39 bits per heavy atom. The van der Waals surface area contributed by atoms with E-state index in [1.165, 1.54) is 5.56 Å². The molecular weight excluding hydrogens is 290 g/mol. The number of ether oxygens (including phenoxy) is 2. The summed E-state index contributed by atoms with van der Waals surface area (Å²) in [6.07, 6.45) is 3.83. The van der Waals surface area contributed by atoms with E-state index in [2.05, 4.69) is 28.3 Å². The molecule has 0 bridgehead atoms. The first-order chi connectivity index (χ1) is 11.2. The maximum Gasteiger partial charge on any atom is 0.132 e. The zero-order valence-corrected chi connectivity index (χ0v) is 13.9. The third-order valence-corrected chi connectivity index (χ3v) is 4.18. The van der Waals surface area contributed by atoms with Crippen LogP contribution in [0.2, 0.25) is 0 Å².